The van der Waals surface area contributed by atoms with Gasteiger partial charge in [-0.05, 0) is 68.4 Å². The second kappa shape index (κ2) is 14.7. The summed E-state index contributed by atoms with van der Waals surface area (Å²) in [6, 6.07) is 15.4. The number of rotatable bonds is 16. The summed E-state index contributed by atoms with van der Waals surface area (Å²) in [5.41, 5.74) is -0.524. The molecule has 2 aromatic carbocycles. The third kappa shape index (κ3) is 6.18. The number of aliphatic hydroxyl groups is 1. The fourth-order valence-electron chi connectivity index (χ4n) is 8.40. The van der Waals surface area contributed by atoms with Crippen molar-refractivity contribution in [3.8, 4) is 5.75 Å². The number of likely N-dealkylation sites (tertiary alicyclic amines) is 1. The molecule has 1 N–H and O–H groups in total. The lowest BCUT2D eigenvalue weighted by Crippen LogP contribution is -2.59. The highest BCUT2D eigenvalue weighted by Gasteiger charge is 2.79. The number of aliphatic hydroxyl groups excluding tert-OH is 1. The smallest absolute Gasteiger partial charge is 0.249 e. The maximum Gasteiger partial charge on any atom is 0.249 e. The summed E-state index contributed by atoms with van der Waals surface area (Å²) < 4.78 is 12.7. The van der Waals surface area contributed by atoms with Crippen LogP contribution in [-0.2, 0) is 25.7 Å². The summed E-state index contributed by atoms with van der Waals surface area (Å²) in [5.74, 6) is -1.65. The number of nitrogens with zero attached hydrogens (tertiary/aromatic N) is 3. The third-order valence-corrected chi connectivity index (χ3v) is 10.4. The van der Waals surface area contributed by atoms with Crippen LogP contribution >= 0.6 is 0 Å². The topological polar surface area (TPSA) is 99.6 Å². The summed E-state index contributed by atoms with van der Waals surface area (Å²) in [7, 11) is 0. The first kappa shape index (κ1) is 35.4. The highest BCUT2D eigenvalue weighted by Crippen LogP contribution is 2.65. The van der Waals surface area contributed by atoms with Gasteiger partial charge < -0.3 is 29.3 Å². The predicted molar refractivity (Wildman–Crippen MR) is 186 cm³/mol. The summed E-state index contributed by atoms with van der Waals surface area (Å²) >= 11 is 0. The molecule has 5 rings (SSSR count). The van der Waals surface area contributed by atoms with Crippen LogP contribution < -0.4 is 9.64 Å². The fraction of sp³-hybridized carbons (Fsp3) is 0.513. The van der Waals surface area contributed by atoms with Crippen LogP contribution in [0.4, 0.5) is 5.69 Å². The molecule has 0 aromatic heterocycles. The first-order chi connectivity index (χ1) is 23.1. The number of carbonyl (C=O) groups is 3. The van der Waals surface area contributed by atoms with Crippen LogP contribution in [0.1, 0.15) is 58.9 Å². The first-order valence-electron chi connectivity index (χ1n) is 17.3. The minimum Gasteiger partial charge on any atom is -0.494 e. The number of hydrogen-bond acceptors (Lipinski definition) is 6. The quantitative estimate of drug-likeness (QED) is 0.244. The van der Waals surface area contributed by atoms with Crippen LogP contribution in [-0.4, -0.2) is 82.2 Å². The molecular formula is C39H51N3O6. The van der Waals surface area contributed by atoms with E-state index in [4.69, 9.17) is 9.47 Å². The molecule has 9 heteroatoms. The molecule has 2 unspecified atom stereocenters. The van der Waals surface area contributed by atoms with Crippen LogP contribution in [0, 0.1) is 17.8 Å². The van der Waals surface area contributed by atoms with Gasteiger partial charge in [0.05, 0.1) is 36.7 Å². The molecule has 48 heavy (non-hydrogen) atoms. The number of fused-ring (bicyclic) bond motifs is 1. The number of hydrogen-bond donors (Lipinski definition) is 1. The van der Waals surface area contributed by atoms with Crippen molar-refractivity contribution in [2.24, 2.45) is 17.8 Å². The Morgan fingerprint density at radius 3 is 2.31 bits per heavy atom. The first-order valence-corrected chi connectivity index (χ1v) is 17.3. The largest absolute Gasteiger partial charge is 0.494 e. The molecule has 0 radical (unpaired) electrons. The average Bonchev–Trinajstić information content (AvgIpc) is 3.70. The normalized spacial score (nSPS) is 26.3. The minimum absolute atomic E-state index is 0.150. The summed E-state index contributed by atoms with van der Waals surface area (Å²) in [5, 5.41) is 10.7. The molecule has 1 spiro atoms. The molecule has 258 valence electrons. The van der Waals surface area contributed by atoms with E-state index in [1.165, 1.54) is 0 Å². The van der Waals surface area contributed by atoms with Gasteiger partial charge in [0, 0.05) is 25.3 Å². The summed E-state index contributed by atoms with van der Waals surface area (Å²) in [4.78, 5) is 49.8. The van der Waals surface area contributed by atoms with Crippen LogP contribution in [0.15, 0.2) is 79.9 Å². The zero-order valence-corrected chi connectivity index (χ0v) is 28.8. The molecule has 3 heterocycles. The Kier molecular flexibility index (Phi) is 10.8. The molecule has 3 aliphatic rings. The Labute approximate surface area is 285 Å². The zero-order valence-electron chi connectivity index (χ0n) is 28.8. The predicted octanol–water partition coefficient (Wildman–Crippen LogP) is 5.38. The van der Waals surface area contributed by atoms with E-state index < -0.39 is 35.1 Å². The van der Waals surface area contributed by atoms with E-state index in [-0.39, 0.29) is 43.3 Å². The van der Waals surface area contributed by atoms with Crippen molar-refractivity contribution >= 4 is 23.4 Å². The second-order valence-electron chi connectivity index (χ2n) is 13.7. The molecule has 3 amide bonds. The Bertz CT molecular complexity index is 1480. The van der Waals surface area contributed by atoms with E-state index in [0.29, 0.717) is 50.3 Å². The van der Waals surface area contributed by atoms with E-state index >= 15 is 0 Å². The van der Waals surface area contributed by atoms with Gasteiger partial charge in [0.15, 0.2) is 0 Å². The summed E-state index contributed by atoms with van der Waals surface area (Å²) in [6.45, 7) is 16.9. The van der Waals surface area contributed by atoms with Crippen molar-refractivity contribution < 1.29 is 29.0 Å². The minimum atomic E-state index is -1.22. The fourth-order valence-corrected chi connectivity index (χ4v) is 8.40. The lowest BCUT2D eigenvalue weighted by atomic mass is 9.64. The Morgan fingerprint density at radius 1 is 1.04 bits per heavy atom. The van der Waals surface area contributed by atoms with Crippen molar-refractivity contribution in [2.75, 3.05) is 31.2 Å². The van der Waals surface area contributed by atoms with Gasteiger partial charge in [-0.25, -0.2) is 0 Å². The standard InChI is InChI=1S/C39H51N3O6/c1-7-22-40(25-28-14-12-11-13-15-28)37(46)34-39-21-20-38(9-3,48-39)32(33(39)36(45)42(34)30(26-43)24-27(5)6)35(44)41(23-8-2)29-16-18-31(19-17-29)47-10-4/h7-8,11-19,27,30,32-34,43H,1-2,9-10,20-26H2,3-6H3/t30-,32-,33+,34?,38+,39?/m1/s1. The Hall–Kier alpha value is -3.95. The van der Waals surface area contributed by atoms with Gasteiger partial charge in [0.1, 0.15) is 17.4 Å². The lowest BCUT2D eigenvalue weighted by Gasteiger charge is -2.40. The van der Waals surface area contributed by atoms with Crippen LogP contribution in [0.25, 0.3) is 0 Å². The number of ether oxygens (including phenoxy) is 2. The molecule has 9 nitrogen and oxygen atoms in total. The molecule has 0 aliphatic carbocycles. The molecule has 2 aromatic rings. The van der Waals surface area contributed by atoms with Crippen LogP contribution in [0.2, 0.25) is 0 Å². The van der Waals surface area contributed by atoms with E-state index in [0.717, 1.165) is 5.56 Å². The number of amides is 3. The second-order valence-corrected chi connectivity index (χ2v) is 13.7. The van der Waals surface area contributed by atoms with Crippen LogP contribution in [0.5, 0.6) is 5.75 Å². The van der Waals surface area contributed by atoms with Crippen molar-refractivity contribution in [1.29, 1.82) is 0 Å². The van der Waals surface area contributed by atoms with Gasteiger partial charge in [0.25, 0.3) is 0 Å². The maximum absolute atomic E-state index is 15.0. The Morgan fingerprint density at radius 2 is 1.73 bits per heavy atom. The zero-order chi connectivity index (χ0) is 34.6. The van der Waals surface area contributed by atoms with Crippen LogP contribution in [0.3, 0.4) is 0 Å². The van der Waals surface area contributed by atoms with Gasteiger partial charge in [-0.1, -0.05) is 63.3 Å². The van der Waals surface area contributed by atoms with Crippen molar-refractivity contribution in [2.45, 2.75) is 83.2 Å². The molecule has 3 aliphatic heterocycles. The maximum atomic E-state index is 15.0. The van der Waals surface area contributed by atoms with Gasteiger partial charge in [-0.2, -0.15) is 0 Å². The SMILES string of the molecule is C=CCN(Cc1ccccc1)C(=O)C1N([C@@H](CO)CC(C)C)C(=O)[C@@H]2[C@H](C(=O)N(CC=C)c3ccc(OCC)cc3)[C@]3(CC)CCC12O3. The van der Waals surface area contributed by atoms with E-state index in [2.05, 4.69) is 13.2 Å². The summed E-state index contributed by atoms with van der Waals surface area (Å²) in [6.07, 6.45) is 5.38. The third-order valence-electron chi connectivity index (χ3n) is 10.4. The molecule has 2 bridgehead atoms. The Balaban J connectivity index is 1.61. The van der Waals surface area contributed by atoms with Gasteiger partial charge >= 0.3 is 0 Å². The number of carbonyl (C=O) groups excluding carboxylic acids is 3. The van der Waals surface area contributed by atoms with E-state index in [1.807, 2.05) is 82.3 Å². The van der Waals surface area contributed by atoms with Gasteiger partial charge in [0.2, 0.25) is 17.7 Å². The monoisotopic (exact) mass is 657 g/mol. The molecule has 3 fully saturated rings. The van der Waals surface area contributed by atoms with Gasteiger partial charge in [-0.15, -0.1) is 13.2 Å². The van der Waals surface area contributed by atoms with E-state index in [9.17, 15) is 19.5 Å². The molecule has 0 saturated carbocycles. The van der Waals surface area contributed by atoms with Crippen molar-refractivity contribution in [3.63, 3.8) is 0 Å². The molecule has 3 saturated heterocycles. The van der Waals surface area contributed by atoms with Gasteiger partial charge in [-0.3, -0.25) is 14.4 Å². The number of anilines is 1. The lowest BCUT2D eigenvalue weighted by molar-refractivity contribution is -0.156. The van der Waals surface area contributed by atoms with E-state index in [1.54, 1.807) is 26.9 Å². The highest BCUT2D eigenvalue weighted by atomic mass is 16.5. The average molecular weight is 658 g/mol. The highest BCUT2D eigenvalue weighted by molar-refractivity contribution is 6.03. The van der Waals surface area contributed by atoms with Crippen molar-refractivity contribution in [1.82, 2.24) is 9.80 Å². The molecular weight excluding hydrogens is 606 g/mol. The van der Waals surface area contributed by atoms with Crippen molar-refractivity contribution in [3.05, 3.63) is 85.5 Å². The number of benzene rings is 2. The molecule has 6 atom stereocenters.